The van der Waals surface area contributed by atoms with E-state index in [0.717, 1.165) is 5.56 Å². The molecule has 0 saturated carbocycles. The highest BCUT2D eigenvalue weighted by Crippen LogP contribution is 2.23. The molecule has 0 amide bonds. The van der Waals surface area contributed by atoms with Gasteiger partial charge in [0.05, 0.1) is 0 Å². The first-order valence-electron chi connectivity index (χ1n) is 6.72. The molecule has 116 valence electrons. The number of nitrogens with zero attached hydrogens (tertiary/aromatic N) is 1. The average molecular weight is 300 g/mol. The molecule has 0 aliphatic heterocycles. The van der Waals surface area contributed by atoms with Gasteiger partial charge in [0, 0.05) is 17.7 Å². The Morgan fingerprint density at radius 2 is 2.09 bits per heavy atom. The lowest BCUT2D eigenvalue weighted by molar-refractivity contribution is -0.350. The number of allylic oxidation sites excluding steroid dienone is 4. The van der Waals surface area contributed by atoms with Gasteiger partial charge in [0.2, 0.25) is 7.11 Å². The summed E-state index contributed by atoms with van der Waals surface area (Å²) in [7, 11) is 1.45. The molecule has 22 heavy (non-hydrogen) atoms. The van der Waals surface area contributed by atoms with E-state index in [4.69, 9.17) is 11.1 Å². The van der Waals surface area contributed by atoms with E-state index >= 15 is 0 Å². The summed E-state index contributed by atoms with van der Waals surface area (Å²) in [6.07, 6.45) is 6.97. The van der Waals surface area contributed by atoms with E-state index < -0.39 is 0 Å². The second-order valence-electron chi connectivity index (χ2n) is 4.77. The molecule has 0 aliphatic rings. The highest BCUT2D eigenvalue weighted by atomic mass is 17.2. The maximum absolute atomic E-state index is 9.41. The highest BCUT2D eigenvalue weighted by molar-refractivity contribution is 6.10. The van der Waals surface area contributed by atoms with Gasteiger partial charge in [-0.05, 0) is 31.1 Å². The number of aliphatic imine (C=N–C) groups is 1. The van der Waals surface area contributed by atoms with Gasteiger partial charge in [0.15, 0.2) is 0 Å². The summed E-state index contributed by atoms with van der Waals surface area (Å²) in [5, 5.41) is 17.4. The van der Waals surface area contributed by atoms with Crippen LogP contribution >= 0.6 is 0 Å². The van der Waals surface area contributed by atoms with E-state index in [0.29, 0.717) is 16.9 Å². The van der Waals surface area contributed by atoms with Gasteiger partial charge in [-0.25, -0.2) is 4.99 Å². The van der Waals surface area contributed by atoms with E-state index in [1.54, 1.807) is 47.9 Å². The van der Waals surface area contributed by atoms with Crippen molar-refractivity contribution in [2.45, 2.75) is 13.8 Å². The minimum absolute atomic E-state index is 0.0843. The van der Waals surface area contributed by atoms with Crippen LogP contribution in [0.5, 0.6) is 5.75 Å². The number of nitrogens with one attached hydrogen (secondary N) is 1. The summed E-state index contributed by atoms with van der Waals surface area (Å²) in [6.45, 7) is 7.26. The van der Waals surface area contributed by atoms with Gasteiger partial charge < -0.3 is 10.3 Å². The molecule has 0 aliphatic carbocycles. The van der Waals surface area contributed by atoms with Gasteiger partial charge in [-0.1, -0.05) is 36.1 Å². The van der Waals surface area contributed by atoms with Crippen molar-refractivity contribution in [1.29, 1.82) is 5.41 Å². The zero-order chi connectivity index (χ0) is 16.7. The fourth-order valence-electron chi connectivity index (χ4n) is 1.69. The van der Waals surface area contributed by atoms with Gasteiger partial charge in [0.25, 0.3) is 5.75 Å². The van der Waals surface area contributed by atoms with Crippen molar-refractivity contribution < 1.29 is 9.78 Å². The first kappa shape index (κ1) is 17.4. The monoisotopic (exact) mass is 300 g/mol. The van der Waals surface area contributed by atoms with Gasteiger partial charge in [0.1, 0.15) is 11.7 Å². The molecule has 0 spiro atoms. The van der Waals surface area contributed by atoms with Crippen LogP contribution in [0.25, 0.3) is 0 Å². The molecule has 0 fully saturated rings. The second-order valence-corrected chi connectivity index (χ2v) is 4.77. The van der Waals surface area contributed by atoms with Crippen LogP contribution in [0, 0.1) is 12.3 Å². The Balaban J connectivity index is 3.09. The third-order valence-corrected chi connectivity index (χ3v) is 3.03. The molecule has 0 aromatic heterocycles. The standard InChI is InChI=1S/C17H22N3O2/c1-5-6-7-8-13(3)16(18)20-17(19)15-11-14(22(4)21)10-9-12(15)2/h5-11,21H,1H2,2-4H3,(H3,18,19,20)/q+1/b7-6-,13-8+. The first-order valence-corrected chi connectivity index (χ1v) is 6.72. The number of nitrogens with two attached hydrogens (primary N) is 1. The van der Waals surface area contributed by atoms with Crippen LogP contribution in [0.2, 0.25) is 0 Å². The Morgan fingerprint density at radius 3 is 2.68 bits per heavy atom. The first-order chi connectivity index (χ1) is 10.4. The molecule has 0 atom stereocenters. The van der Waals surface area contributed by atoms with Crippen molar-refractivity contribution in [3.05, 3.63) is 65.8 Å². The summed E-state index contributed by atoms with van der Waals surface area (Å²) in [5.74, 6) is 0.833. The predicted octanol–water partition coefficient (Wildman–Crippen LogP) is 3.73. The number of hydrogen-bond acceptors (Lipinski definition) is 2. The lowest BCUT2D eigenvalue weighted by atomic mass is 10.1. The van der Waals surface area contributed by atoms with E-state index in [-0.39, 0.29) is 11.7 Å². The van der Waals surface area contributed by atoms with Crippen molar-refractivity contribution in [3.8, 4) is 5.75 Å². The van der Waals surface area contributed by atoms with Crippen LogP contribution < -0.4 is 5.73 Å². The zero-order valence-corrected chi connectivity index (χ0v) is 13.1. The number of amidine groups is 2. The molecule has 5 heteroatoms. The van der Waals surface area contributed by atoms with Crippen molar-refractivity contribution >= 4 is 11.7 Å². The number of hydrogen-bond donors (Lipinski definition) is 3. The van der Waals surface area contributed by atoms with Gasteiger partial charge >= 0.3 is 0 Å². The van der Waals surface area contributed by atoms with Gasteiger partial charge in [-0.3, -0.25) is 5.41 Å². The molecular formula is C17H22N3O2+. The Morgan fingerprint density at radius 1 is 1.41 bits per heavy atom. The molecule has 4 N–H and O–H groups in total. The van der Waals surface area contributed by atoms with E-state index in [9.17, 15) is 5.26 Å². The fourth-order valence-corrected chi connectivity index (χ4v) is 1.69. The van der Waals surface area contributed by atoms with Crippen LogP contribution in [-0.2, 0) is 4.52 Å². The Bertz CT molecular complexity index is 656. The fraction of sp³-hybridized carbons (Fsp3) is 0.176. The molecule has 1 rings (SSSR count). The minimum atomic E-state index is 0.0843. The highest BCUT2D eigenvalue weighted by Gasteiger charge is 2.12. The lowest BCUT2D eigenvalue weighted by Gasteiger charge is -2.10. The van der Waals surface area contributed by atoms with Crippen LogP contribution in [0.4, 0.5) is 0 Å². The van der Waals surface area contributed by atoms with Crippen molar-refractivity contribution in [2.24, 2.45) is 10.7 Å². The maximum atomic E-state index is 9.41. The summed E-state index contributed by atoms with van der Waals surface area (Å²) in [6, 6.07) is 5.27. The zero-order valence-electron chi connectivity index (χ0n) is 13.1. The quantitative estimate of drug-likeness (QED) is 0.193. The number of benzene rings is 1. The minimum Gasteiger partial charge on any atom is -0.386 e. The van der Waals surface area contributed by atoms with E-state index in [2.05, 4.69) is 11.6 Å². The molecule has 0 bridgehead atoms. The Hall–Kier alpha value is -2.66. The van der Waals surface area contributed by atoms with Crippen molar-refractivity contribution in [2.75, 3.05) is 7.11 Å². The third-order valence-electron chi connectivity index (χ3n) is 3.03. The topological polar surface area (TPSA) is 85.2 Å². The van der Waals surface area contributed by atoms with Gasteiger partial charge in [-0.2, -0.15) is 0 Å². The van der Waals surface area contributed by atoms with Crippen LogP contribution in [0.15, 0.2) is 59.6 Å². The molecule has 0 saturated heterocycles. The van der Waals surface area contributed by atoms with E-state index in [1.165, 1.54) is 7.11 Å². The largest absolute Gasteiger partial charge is 0.386 e. The average Bonchev–Trinajstić information content (AvgIpc) is 2.47. The summed E-state index contributed by atoms with van der Waals surface area (Å²) in [5.41, 5.74) is 8.26. The van der Waals surface area contributed by atoms with E-state index in [1.807, 2.05) is 13.0 Å². The molecule has 5 nitrogen and oxygen atoms in total. The SMILES string of the molecule is C=C/C=C\C=C(/C)C(=N)N=C(N)c1cc([O+](C)O)ccc1C. The Labute approximate surface area is 130 Å². The molecular weight excluding hydrogens is 278 g/mol. The maximum Gasteiger partial charge on any atom is 0.299 e. The molecule has 0 heterocycles. The lowest BCUT2D eigenvalue weighted by Crippen LogP contribution is -2.17. The summed E-state index contributed by atoms with van der Waals surface area (Å²) >= 11 is 0. The van der Waals surface area contributed by atoms with Gasteiger partial charge in [-0.15, -0.1) is 0 Å². The Kier molecular flexibility index (Phi) is 6.28. The van der Waals surface area contributed by atoms with Crippen LogP contribution in [0.3, 0.4) is 0 Å². The molecule has 1 aromatic carbocycles. The molecule has 1 aromatic rings. The van der Waals surface area contributed by atoms with Crippen molar-refractivity contribution in [3.63, 3.8) is 0 Å². The number of aryl methyl sites for hydroxylation is 1. The van der Waals surface area contributed by atoms with Crippen LogP contribution in [0.1, 0.15) is 18.1 Å². The third kappa shape index (κ3) is 4.71. The molecule has 0 radical (unpaired) electrons. The number of rotatable bonds is 5. The summed E-state index contributed by atoms with van der Waals surface area (Å²) < 4.78 is 1.80. The predicted molar refractivity (Wildman–Crippen MR) is 91.8 cm³/mol. The van der Waals surface area contributed by atoms with Crippen LogP contribution in [-0.4, -0.2) is 24.0 Å². The summed E-state index contributed by atoms with van der Waals surface area (Å²) in [4.78, 5) is 4.13. The smallest absolute Gasteiger partial charge is 0.299 e. The van der Waals surface area contributed by atoms with Crippen molar-refractivity contribution in [1.82, 2.24) is 0 Å². The second kappa shape index (κ2) is 7.95. The normalized spacial score (nSPS) is 12.5. The molecule has 0 unspecified atom stereocenters.